The van der Waals surface area contributed by atoms with E-state index in [1.54, 1.807) is 30.3 Å². The number of esters is 1. The van der Waals surface area contributed by atoms with E-state index in [-0.39, 0.29) is 18.6 Å². The second kappa shape index (κ2) is 9.93. The van der Waals surface area contributed by atoms with Gasteiger partial charge in [-0.3, -0.25) is 4.79 Å². The van der Waals surface area contributed by atoms with Gasteiger partial charge in [0.15, 0.2) is 6.61 Å². The number of hydrogen-bond acceptors (Lipinski definition) is 6. The zero-order valence-electron chi connectivity index (χ0n) is 15.2. The van der Waals surface area contributed by atoms with Crippen LogP contribution in [-0.4, -0.2) is 37.7 Å². The highest BCUT2D eigenvalue weighted by atomic mass is 32.2. The molecule has 0 unspecified atom stereocenters. The number of amides is 1. The number of nitrogens with one attached hydrogen (secondary N) is 1. The number of nitrogens with zero attached hydrogens (tertiary/aromatic N) is 1. The van der Waals surface area contributed by atoms with Gasteiger partial charge in [0, 0.05) is 22.9 Å². The summed E-state index contributed by atoms with van der Waals surface area (Å²) in [5, 5.41) is 12.0. The van der Waals surface area contributed by atoms with Crippen LogP contribution in [0.5, 0.6) is 0 Å². The molecule has 1 atom stereocenters. The van der Waals surface area contributed by atoms with Gasteiger partial charge in [-0.1, -0.05) is 36.0 Å². The molecule has 1 aliphatic rings. The molecule has 2 aromatic carbocycles. The fraction of sp³-hybridized carbons (Fsp3) is 0.286. The van der Waals surface area contributed by atoms with Crippen molar-refractivity contribution in [1.29, 1.82) is 5.26 Å². The highest BCUT2D eigenvalue weighted by Gasteiger charge is 2.18. The third-order valence-electron chi connectivity index (χ3n) is 4.22. The minimum Gasteiger partial charge on any atom is -0.452 e. The lowest BCUT2D eigenvalue weighted by Gasteiger charge is -2.12. The Morgan fingerprint density at radius 2 is 1.93 bits per heavy atom. The fourth-order valence-corrected chi connectivity index (χ4v) is 3.80. The maximum Gasteiger partial charge on any atom is 0.339 e. The van der Waals surface area contributed by atoms with Gasteiger partial charge in [0.2, 0.25) is 0 Å². The summed E-state index contributed by atoms with van der Waals surface area (Å²) in [7, 11) is 0. The number of hydrogen-bond donors (Lipinski definition) is 1. The highest BCUT2D eigenvalue weighted by molar-refractivity contribution is 7.99. The first-order valence-corrected chi connectivity index (χ1v) is 9.80. The molecule has 28 heavy (non-hydrogen) atoms. The van der Waals surface area contributed by atoms with Crippen LogP contribution in [0, 0.1) is 11.3 Å². The maximum atomic E-state index is 12.5. The molecule has 6 nitrogen and oxygen atoms in total. The van der Waals surface area contributed by atoms with Crippen molar-refractivity contribution in [1.82, 2.24) is 5.32 Å². The van der Waals surface area contributed by atoms with Gasteiger partial charge >= 0.3 is 5.97 Å². The van der Waals surface area contributed by atoms with Crippen molar-refractivity contribution in [3.05, 3.63) is 59.7 Å². The van der Waals surface area contributed by atoms with Gasteiger partial charge in [0.25, 0.3) is 5.91 Å². The smallest absolute Gasteiger partial charge is 0.339 e. The Morgan fingerprint density at radius 1 is 1.18 bits per heavy atom. The van der Waals surface area contributed by atoms with E-state index >= 15 is 0 Å². The van der Waals surface area contributed by atoms with Crippen LogP contribution in [0.4, 0.5) is 0 Å². The highest BCUT2D eigenvalue weighted by Crippen LogP contribution is 2.32. The Bertz CT molecular complexity index is 888. The van der Waals surface area contributed by atoms with Gasteiger partial charge < -0.3 is 14.8 Å². The van der Waals surface area contributed by atoms with Crippen LogP contribution in [-0.2, 0) is 14.3 Å². The topological polar surface area (TPSA) is 88.4 Å². The van der Waals surface area contributed by atoms with Crippen molar-refractivity contribution in [2.45, 2.75) is 28.7 Å². The summed E-state index contributed by atoms with van der Waals surface area (Å²) in [4.78, 5) is 25.8. The molecular weight excluding hydrogens is 376 g/mol. The molecule has 0 saturated carbocycles. The summed E-state index contributed by atoms with van der Waals surface area (Å²) in [5.74, 6) is -0.936. The molecule has 1 fully saturated rings. The average Bonchev–Trinajstić information content (AvgIpc) is 3.25. The van der Waals surface area contributed by atoms with Gasteiger partial charge in [0.05, 0.1) is 17.2 Å². The molecule has 0 radical (unpaired) electrons. The van der Waals surface area contributed by atoms with Crippen molar-refractivity contribution >= 4 is 23.6 Å². The molecule has 1 aliphatic heterocycles. The lowest BCUT2D eigenvalue weighted by atomic mass is 10.2. The molecule has 3 rings (SSSR count). The Morgan fingerprint density at radius 3 is 2.68 bits per heavy atom. The quantitative estimate of drug-likeness (QED) is 0.723. The van der Waals surface area contributed by atoms with Gasteiger partial charge in [-0.2, -0.15) is 5.26 Å². The molecule has 1 heterocycles. The predicted molar refractivity (Wildman–Crippen MR) is 104 cm³/mol. The normalized spacial score (nSPS) is 15.6. The number of benzene rings is 2. The number of carbonyl (C=O) groups is 2. The minimum atomic E-state index is -0.579. The predicted octanol–water partition coefficient (Wildman–Crippen LogP) is 3.16. The molecule has 0 aliphatic carbocycles. The lowest BCUT2D eigenvalue weighted by molar-refractivity contribution is -0.124. The molecule has 2 aromatic rings. The van der Waals surface area contributed by atoms with Crippen molar-refractivity contribution in [2.75, 3.05) is 19.8 Å². The SMILES string of the molecule is N#Cc1ccccc1Sc1ccccc1C(=O)OCC(=O)NC[C@@H]1CCCO1. The maximum absolute atomic E-state index is 12.5. The van der Waals surface area contributed by atoms with Crippen LogP contribution >= 0.6 is 11.8 Å². The number of nitriles is 1. The molecule has 144 valence electrons. The average molecular weight is 396 g/mol. The second-order valence-electron chi connectivity index (χ2n) is 6.22. The summed E-state index contributed by atoms with van der Waals surface area (Å²) in [6, 6.07) is 16.3. The molecule has 0 bridgehead atoms. The van der Waals surface area contributed by atoms with E-state index in [0.717, 1.165) is 24.3 Å². The minimum absolute atomic E-state index is 0.0389. The zero-order chi connectivity index (χ0) is 19.8. The van der Waals surface area contributed by atoms with Crippen LogP contribution in [0.25, 0.3) is 0 Å². The largest absolute Gasteiger partial charge is 0.452 e. The third kappa shape index (κ3) is 5.35. The molecule has 1 amide bonds. The van der Waals surface area contributed by atoms with Crippen LogP contribution < -0.4 is 5.32 Å². The summed E-state index contributed by atoms with van der Waals surface area (Å²) in [5.41, 5.74) is 0.886. The Labute approximate surface area is 167 Å². The summed E-state index contributed by atoms with van der Waals surface area (Å²) in [6.07, 6.45) is 1.96. The molecule has 0 spiro atoms. The van der Waals surface area contributed by atoms with E-state index in [2.05, 4.69) is 11.4 Å². The first-order chi connectivity index (χ1) is 13.7. The Hall–Kier alpha value is -2.82. The van der Waals surface area contributed by atoms with Crippen LogP contribution in [0.2, 0.25) is 0 Å². The van der Waals surface area contributed by atoms with E-state index in [4.69, 9.17) is 9.47 Å². The number of ether oxygens (including phenoxy) is 2. The zero-order valence-corrected chi connectivity index (χ0v) is 16.0. The number of rotatable bonds is 7. The van der Waals surface area contributed by atoms with E-state index in [9.17, 15) is 14.9 Å². The van der Waals surface area contributed by atoms with E-state index in [1.807, 2.05) is 18.2 Å². The first kappa shape index (κ1) is 19.9. The van der Waals surface area contributed by atoms with Crippen LogP contribution in [0.15, 0.2) is 58.3 Å². The second-order valence-corrected chi connectivity index (χ2v) is 7.31. The van der Waals surface area contributed by atoms with Crippen LogP contribution in [0.1, 0.15) is 28.8 Å². The van der Waals surface area contributed by atoms with Crippen molar-refractivity contribution in [3.8, 4) is 6.07 Å². The van der Waals surface area contributed by atoms with Crippen LogP contribution in [0.3, 0.4) is 0 Å². The Kier molecular flexibility index (Phi) is 7.06. The summed E-state index contributed by atoms with van der Waals surface area (Å²) in [6.45, 7) is 0.798. The van der Waals surface area contributed by atoms with E-state index < -0.39 is 5.97 Å². The monoisotopic (exact) mass is 396 g/mol. The summed E-state index contributed by atoms with van der Waals surface area (Å²) >= 11 is 1.31. The third-order valence-corrected chi connectivity index (χ3v) is 5.37. The van der Waals surface area contributed by atoms with Crippen molar-refractivity contribution in [3.63, 3.8) is 0 Å². The van der Waals surface area contributed by atoms with E-state index in [1.165, 1.54) is 11.8 Å². The fourth-order valence-electron chi connectivity index (χ4n) is 2.78. The van der Waals surface area contributed by atoms with E-state index in [0.29, 0.717) is 22.6 Å². The van der Waals surface area contributed by atoms with Gasteiger partial charge in [-0.15, -0.1) is 0 Å². The van der Waals surface area contributed by atoms with Gasteiger partial charge in [0.1, 0.15) is 6.07 Å². The molecule has 1 N–H and O–H groups in total. The van der Waals surface area contributed by atoms with Crippen molar-refractivity contribution in [2.24, 2.45) is 0 Å². The molecule has 7 heteroatoms. The Balaban J connectivity index is 1.59. The molecule has 1 saturated heterocycles. The summed E-state index contributed by atoms with van der Waals surface area (Å²) < 4.78 is 10.6. The number of carbonyl (C=O) groups excluding carboxylic acids is 2. The van der Waals surface area contributed by atoms with Crippen molar-refractivity contribution < 1.29 is 19.1 Å². The van der Waals surface area contributed by atoms with Gasteiger partial charge in [-0.05, 0) is 37.1 Å². The molecule has 0 aromatic heterocycles. The lowest BCUT2D eigenvalue weighted by Crippen LogP contribution is -2.34. The standard InChI is InChI=1S/C21H20N2O4S/c22-12-15-6-1-3-9-18(15)28-19-10-4-2-8-17(19)21(25)27-14-20(24)23-13-16-7-5-11-26-16/h1-4,6,8-10,16H,5,7,11,13-14H2,(H,23,24)/t16-/m0/s1. The van der Waals surface area contributed by atoms with Gasteiger partial charge in [-0.25, -0.2) is 4.79 Å². The first-order valence-electron chi connectivity index (χ1n) is 8.99. The molecular formula is C21H20N2O4S.